The molecule has 0 spiro atoms. The average Bonchev–Trinajstić information content (AvgIpc) is 1.99. The van der Waals surface area contributed by atoms with Crippen molar-refractivity contribution in [3.05, 3.63) is 22.4 Å². The molecule has 4 heteroatoms. The number of nitrogens with zero attached hydrogens (tertiary/aromatic N) is 2. The second-order valence-electron chi connectivity index (χ2n) is 2.18. The molecule has 0 aliphatic heterocycles. The Labute approximate surface area is 73.0 Å². The van der Waals surface area contributed by atoms with E-state index < -0.39 is 0 Å². The monoisotopic (exact) mass is 218 g/mol. The van der Waals surface area contributed by atoms with Crippen LogP contribution in [0.4, 0.5) is 4.39 Å². The number of hydrogen-bond acceptors (Lipinski definition) is 2. The zero-order chi connectivity index (χ0) is 8.27. The first-order valence-electron chi connectivity index (χ1n) is 3.40. The first kappa shape index (κ1) is 8.59. The molecule has 0 aromatic carbocycles. The summed E-state index contributed by atoms with van der Waals surface area (Å²) >= 11 is 2.99. The summed E-state index contributed by atoms with van der Waals surface area (Å²) in [5, 5.41) is 0. The van der Waals surface area contributed by atoms with Crippen LogP contribution in [0.3, 0.4) is 0 Å². The summed E-state index contributed by atoms with van der Waals surface area (Å²) in [7, 11) is 0. The van der Waals surface area contributed by atoms with Crippen LogP contribution in [0.2, 0.25) is 0 Å². The number of halogens is 2. The molecule has 0 aliphatic rings. The predicted octanol–water partition coefficient (Wildman–Crippen LogP) is 2.33. The summed E-state index contributed by atoms with van der Waals surface area (Å²) in [5.74, 6) is -0.339. The van der Waals surface area contributed by atoms with Crippen LogP contribution in [0.25, 0.3) is 0 Å². The van der Waals surface area contributed by atoms with Crippen molar-refractivity contribution in [3.63, 3.8) is 0 Å². The Morgan fingerprint density at radius 2 is 2.27 bits per heavy atom. The Balaban J connectivity index is 2.96. The van der Waals surface area contributed by atoms with Crippen LogP contribution in [-0.2, 0) is 6.42 Å². The minimum Gasteiger partial charge on any atom is -0.238 e. The lowest BCUT2D eigenvalue weighted by atomic mass is 10.2. The zero-order valence-corrected chi connectivity index (χ0v) is 7.73. The van der Waals surface area contributed by atoms with Crippen LogP contribution >= 0.6 is 15.9 Å². The summed E-state index contributed by atoms with van der Waals surface area (Å²) in [5.41, 5.74) is 0.481. The van der Waals surface area contributed by atoms with Crippen LogP contribution in [0, 0.1) is 5.82 Å². The van der Waals surface area contributed by atoms with Gasteiger partial charge in [0.2, 0.25) is 0 Å². The van der Waals surface area contributed by atoms with E-state index in [9.17, 15) is 4.39 Å². The van der Waals surface area contributed by atoms with Gasteiger partial charge in [0, 0.05) is 0 Å². The van der Waals surface area contributed by atoms with Gasteiger partial charge in [-0.25, -0.2) is 14.4 Å². The highest BCUT2D eigenvalue weighted by Crippen LogP contribution is 2.14. The maximum atomic E-state index is 13.0. The zero-order valence-electron chi connectivity index (χ0n) is 6.14. The summed E-state index contributed by atoms with van der Waals surface area (Å²) in [6.45, 7) is 1.98. The fourth-order valence-corrected chi connectivity index (χ4v) is 1.11. The molecule has 60 valence electrons. The van der Waals surface area contributed by atoms with E-state index in [1.807, 2.05) is 6.92 Å². The van der Waals surface area contributed by atoms with E-state index in [-0.39, 0.29) is 10.4 Å². The van der Waals surface area contributed by atoms with Crippen molar-refractivity contribution in [2.45, 2.75) is 19.8 Å². The molecule has 0 N–H and O–H groups in total. The van der Waals surface area contributed by atoms with Gasteiger partial charge < -0.3 is 0 Å². The molecule has 0 aliphatic carbocycles. The van der Waals surface area contributed by atoms with E-state index in [0.717, 1.165) is 6.42 Å². The number of rotatable bonds is 2. The first-order chi connectivity index (χ1) is 5.25. The molecular formula is C7H8BrFN2. The van der Waals surface area contributed by atoms with Gasteiger partial charge >= 0.3 is 0 Å². The summed E-state index contributed by atoms with van der Waals surface area (Å²) in [6.07, 6.45) is 2.91. The van der Waals surface area contributed by atoms with Gasteiger partial charge in [-0.2, -0.15) is 0 Å². The Hall–Kier alpha value is -0.510. The largest absolute Gasteiger partial charge is 0.238 e. The third-order valence-electron chi connectivity index (χ3n) is 1.31. The van der Waals surface area contributed by atoms with Gasteiger partial charge in [0.1, 0.15) is 10.9 Å². The lowest BCUT2D eigenvalue weighted by Gasteiger charge is -1.99. The quantitative estimate of drug-likeness (QED) is 0.713. The second-order valence-corrected chi connectivity index (χ2v) is 2.93. The van der Waals surface area contributed by atoms with Gasteiger partial charge in [-0.05, 0) is 22.4 Å². The van der Waals surface area contributed by atoms with E-state index in [4.69, 9.17) is 0 Å². The highest BCUT2D eigenvalue weighted by atomic mass is 79.9. The number of aromatic nitrogens is 2. The van der Waals surface area contributed by atoms with Crippen LogP contribution in [0.1, 0.15) is 19.0 Å². The SMILES string of the molecule is CCCc1ncnc(Br)c1F. The molecule has 11 heavy (non-hydrogen) atoms. The van der Waals surface area contributed by atoms with Gasteiger partial charge in [0.25, 0.3) is 0 Å². The highest BCUT2D eigenvalue weighted by Gasteiger charge is 2.06. The average molecular weight is 219 g/mol. The molecule has 0 saturated heterocycles. The molecule has 0 saturated carbocycles. The summed E-state index contributed by atoms with van der Waals surface area (Å²) in [4.78, 5) is 7.46. The first-order valence-corrected chi connectivity index (χ1v) is 4.20. The summed E-state index contributed by atoms with van der Waals surface area (Å²) < 4.78 is 13.3. The Kier molecular flexibility index (Phi) is 2.93. The fraction of sp³-hybridized carbons (Fsp3) is 0.429. The normalized spacial score (nSPS) is 10.1. The van der Waals surface area contributed by atoms with Crippen LogP contribution in [0.5, 0.6) is 0 Å². The third-order valence-corrected chi connectivity index (χ3v) is 1.86. The van der Waals surface area contributed by atoms with E-state index in [2.05, 4.69) is 25.9 Å². The summed E-state index contributed by atoms with van der Waals surface area (Å²) in [6, 6.07) is 0. The van der Waals surface area contributed by atoms with Crippen molar-refractivity contribution < 1.29 is 4.39 Å². The standard InChI is InChI=1S/C7H8BrFN2/c1-2-3-5-6(9)7(8)11-4-10-5/h4H,2-3H2,1H3. The minimum absolute atomic E-state index is 0.246. The van der Waals surface area contributed by atoms with E-state index in [0.29, 0.717) is 12.1 Å². The molecule has 0 unspecified atom stereocenters. The molecule has 0 amide bonds. The minimum atomic E-state index is -0.339. The van der Waals surface area contributed by atoms with Gasteiger partial charge in [-0.1, -0.05) is 13.3 Å². The molecule has 0 atom stereocenters. The topological polar surface area (TPSA) is 25.8 Å². The Morgan fingerprint density at radius 3 is 2.91 bits per heavy atom. The lowest BCUT2D eigenvalue weighted by Crippen LogP contribution is -1.96. The Bertz CT molecular complexity index is 252. The van der Waals surface area contributed by atoms with Gasteiger partial charge in [0.15, 0.2) is 5.82 Å². The van der Waals surface area contributed by atoms with E-state index in [1.165, 1.54) is 6.33 Å². The maximum absolute atomic E-state index is 13.0. The smallest absolute Gasteiger partial charge is 0.177 e. The molecular weight excluding hydrogens is 211 g/mol. The van der Waals surface area contributed by atoms with Crippen molar-refractivity contribution >= 4 is 15.9 Å². The maximum Gasteiger partial charge on any atom is 0.177 e. The molecule has 1 heterocycles. The van der Waals surface area contributed by atoms with E-state index >= 15 is 0 Å². The van der Waals surface area contributed by atoms with Gasteiger partial charge in [-0.15, -0.1) is 0 Å². The predicted molar refractivity (Wildman–Crippen MR) is 43.7 cm³/mol. The van der Waals surface area contributed by atoms with Crippen molar-refractivity contribution in [3.8, 4) is 0 Å². The van der Waals surface area contributed by atoms with Crippen LogP contribution in [-0.4, -0.2) is 9.97 Å². The van der Waals surface area contributed by atoms with Crippen molar-refractivity contribution in [2.75, 3.05) is 0 Å². The third kappa shape index (κ3) is 1.96. The molecule has 2 nitrogen and oxygen atoms in total. The number of hydrogen-bond donors (Lipinski definition) is 0. The lowest BCUT2D eigenvalue weighted by molar-refractivity contribution is 0.579. The van der Waals surface area contributed by atoms with Gasteiger partial charge in [-0.3, -0.25) is 0 Å². The van der Waals surface area contributed by atoms with Crippen molar-refractivity contribution in [1.82, 2.24) is 9.97 Å². The van der Waals surface area contributed by atoms with Gasteiger partial charge in [0.05, 0.1) is 5.69 Å². The van der Waals surface area contributed by atoms with E-state index in [1.54, 1.807) is 0 Å². The highest BCUT2D eigenvalue weighted by molar-refractivity contribution is 9.10. The second kappa shape index (κ2) is 3.76. The molecule has 1 aromatic rings. The number of aryl methyl sites for hydroxylation is 1. The molecule has 0 bridgehead atoms. The fourth-order valence-electron chi connectivity index (χ4n) is 0.793. The molecule has 1 aromatic heterocycles. The van der Waals surface area contributed by atoms with Crippen LogP contribution in [0.15, 0.2) is 10.9 Å². The van der Waals surface area contributed by atoms with Crippen molar-refractivity contribution in [2.24, 2.45) is 0 Å². The van der Waals surface area contributed by atoms with Crippen molar-refractivity contribution in [1.29, 1.82) is 0 Å². The molecule has 0 radical (unpaired) electrons. The Morgan fingerprint density at radius 1 is 1.55 bits per heavy atom. The molecule has 0 fully saturated rings. The molecule has 1 rings (SSSR count). The van der Waals surface area contributed by atoms with Crippen LogP contribution < -0.4 is 0 Å².